The summed E-state index contributed by atoms with van der Waals surface area (Å²) in [4.78, 5) is 17.0. The van der Waals surface area contributed by atoms with Crippen LogP contribution in [0.25, 0.3) is 11.4 Å². The van der Waals surface area contributed by atoms with Gasteiger partial charge in [-0.2, -0.15) is 4.31 Å². The summed E-state index contributed by atoms with van der Waals surface area (Å²) in [6.45, 7) is 6.14. The molecule has 9 nitrogen and oxygen atoms in total. The van der Waals surface area contributed by atoms with Crippen LogP contribution in [0.4, 0.5) is 0 Å². The Labute approximate surface area is 204 Å². The van der Waals surface area contributed by atoms with Gasteiger partial charge in [0.25, 0.3) is 0 Å². The number of ether oxygens (including phenoxy) is 1. The average Bonchev–Trinajstić information content (AvgIpc) is 3.31. The molecule has 182 valence electrons. The first-order chi connectivity index (χ1) is 16.3. The van der Waals surface area contributed by atoms with Crippen LogP contribution < -0.4 is 10.1 Å². The molecule has 0 bridgehead atoms. The second kappa shape index (κ2) is 12.0. The van der Waals surface area contributed by atoms with Crippen molar-refractivity contribution in [1.82, 2.24) is 24.8 Å². The molecule has 2 N–H and O–H groups in total. The Hall–Kier alpha value is -2.89. The van der Waals surface area contributed by atoms with Gasteiger partial charge in [0, 0.05) is 24.4 Å². The number of sulfonamides is 1. The molecule has 34 heavy (non-hydrogen) atoms. The van der Waals surface area contributed by atoms with Crippen LogP contribution in [0.1, 0.15) is 19.4 Å². The van der Waals surface area contributed by atoms with Crippen LogP contribution >= 0.6 is 11.8 Å². The van der Waals surface area contributed by atoms with Crippen LogP contribution in [-0.4, -0.2) is 65.8 Å². The van der Waals surface area contributed by atoms with E-state index in [1.807, 2.05) is 37.3 Å². The summed E-state index contributed by atoms with van der Waals surface area (Å²) in [5.41, 5.74) is 1.67. The van der Waals surface area contributed by atoms with Crippen molar-refractivity contribution in [2.75, 3.05) is 32.0 Å². The second-order valence-corrected chi connectivity index (χ2v) is 10.3. The number of hydrogen-bond donors (Lipinski definition) is 2. The van der Waals surface area contributed by atoms with Gasteiger partial charge in [0.15, 0.2) is 5.82 Å². The Morgan fingerprint density at radius 2 is 1.94 bits per heavy atom. The molecule has 0 aliphatic heterocycles. The maximum Gasteiger partial charge on any atom is 0.243 e. The molecule has 0 radical (unpaired) electrons. The van der Waals surface area contributed by atoms with Gasteiger partial charge in [-0.25, -0.2) is 13.4 Å². The highest BCUT2D eigenvalue weighted by molar-refractivity contribution is 7.99. The number of amides is 1. The first-order valence-electron chi connectivity index (χ1n) is 11.0. The maximum absolute atomic E-state index is 13.0. The number of likely N-dealkylation sites (N-methyl/N-ethyl adjacent to an activating group) is 1. The maximum atomic E-state index is 13.0. The van der Waals surface area contributed by atoms with Crippen molar-refractivity contribution in [3.63, 3.8) is 0 Å². The molecule has 0 spiro atoms. The zero-order valence-corrected chi connectivity index (χ0v) is 21.1. The Balaban J connectivity index is 1.50. The summed E-state index contributed by atoms with van der Waals surface area (Å²) < 4.78 is 32.7. The average molecular weight is 504 g/mol. The van der Waals surface area contributed by atoms with Crippen molar-refractivity contribution in [3.8, 4) is 17.1 Å². The Morgan fingerprint density at radius 1 is 1.18 bits per heavy atom. The fourth-order valence-corrected chi connectivity index (χ4v) is 5.34. The number of nitrogens with zero attached hydrogens (tertiary/aromatic N) is 3. The second-order valence-electron chi connectivity index (χ2n) is 7.32. The van der Waals surface area contributed by atoms with Crippen LogP contribution in [0, 0.1) is 6.92 Å². The van der Waals surface area contributed by atoms with Gasteiger partial charge in [-0.05, 0) is 37.6 Å². The molecule has 0 atom stereocenters. The minimum atomic E-state index is -3.81. The standard InChI is InChI=1S/C23H29N5O4S2/c1-4-28(34(30,31)19-11-12-20(32-5-2)17(3)15-19)16-21(29)24-13-14-33-23-25-22(26-27-23)18-9-7-6-8-10-18/h6-12,15H,4-5,13-14,16H2,1-3H3,(H,24,29)(H,25,26,27). The molecule has 0 aliphatic carbocycles. The SMILES string of the molecule is CCOc1ccc(S(=O)(=O)N(CC)CC(=O)NCCSc2n[nH]c(-c3ccccc3)n2)cc1C. The summed E-state index contributed by atoms with van der Waals surface area (Å²) in [6.07, 6.45) is 0. The number of carbonyl (C=O) groups is 1. The minimum Gasteiger partial charge on any atom is -0.494 e. The number of hydrogen-bond acceptors (Lipinski definition) is 7. The molecule has 0 aliphatic rings. The van der Waals surface area contributed by atoms with Crippen molar-refractivity contribution in [2.45, 2.75) is 30.8 Å². The van der Waals surface area contributed by atoms with Gasteiger partial charge >= 0.3 is 0 Å². The zero-order valence-electron chi connectivity index (χ0n) is 19.4. The van der Waals surface area contributed by atoms with Gasteiger partial charge in [0.2, 0.25) is 21.1 Å². The van der Waals surface area contributed by atoms with E-state index in [4.69, 9.17) is 4.74 Å². The minimum absolute atomic E-state index is 0.137. The highest BCUT2D eigenvalue weighted by Crippen LogP contribution is 2.24. The number of aromatic nitrogens is 3. The van der Waals surface area contributed by atoms with Gasteiger partial charge in [-0.15, -0.1) is 5.10 Å². The molecule has 0 saturated heterocycles. The van der Waals surface area contributed by atoms with Crippen molar-refractivity contribution in [3.05, 3.63) is 54.1 Å². The number of carbonyl (C=O) groups excluding carboxylic acids is 1. The van der Waals surface area contributed by atoms with Crippen molar-refractivity contribution >= 4 is 27.7 Å². The third kappa shape index (κ3) is 6.58. The zero-order chi connectivity index (χ0) is 24.6. The number of thioether (sulfide) groups is 1. The van der Waals surface area contributed by atoms with E-state index in [0.717, 1.165) is 15.4 Å². The summed E-state index contributed by atoms with van der Waals surface area (Å²) in [5, 5.41) is 10.4. The van der Waals surface area contributed by atoms with Crippen LogP contribution in [0.3, 0.4) is 0 Å². The molecule has 3 aromatic rings. The number of H-pyrrole nitrogens is 1. The number of rotatable bonds is 12. The third-order valence-electron chi connectivity index (χ3n) is 4.92. The van der Waals surface area contributed by atoms with E-state index in [2.05, 4.69) is 20.5 Å². The Bertz CT molecular complexity index is 1200. The Morgan fingerprint density at radius 3 is 2.62 bits per heavy atom. The quantitative estimate of drug-likeness (QED) is 0.288. The molecular weight excluding hydrogens is 474 g/mol. The lowest BCUT2D eigenvalue weighted by Gasteiger charge is -2.20. The molecule has 3 rings (SSSR count). The summed E-state index contributed by atoms with van der Waals surface area (Å²) >= 11 is 1.40. The van der Waals surface area contributed by atoms with Gasteiger partial charge in [-0.1, -0.05) is 49.0 Å². The van der Waals surface area contributed by atoms with Gasteiger partial charge in [0.1, 0.15) is 5.75 Å². The Kier molecular flexibility index (Phi) is 9.08. The number of aromatic amines is 1. The normalized spacial score (nSPS) is 11.5. The molecule has 0 saturated carbocycles. The van der Waals surface area contributed by atoms with Crippen LogP contribution in [0.5, 0.6) is 5.75 Å². The van der Waals surface area contributed by atoms with Crippen LogP contribution in [0.2, 0.25) is 0 Å². The first-order valence-corrected chi connectivity index (χ1v) is 13.4. The van der Waals surface area contributed by atoms with E-state index < -0.39 is 10.0 Å². The summed E-state index contributed by atoms with van der Waals surface area (Å²) in [6, 6.07) is 14.4. The third-order valence-corrected chi connectivity index (χ3v) is 7.69. The fourth-order valence-electron chi connectivity index (χ4n) is 3.20. The monoisotopic (exact) mass is 503 g/mol. The van der Waals surface area contributed by atoms with Crippen LogP contribution in [-0.2, 0) is 14.8 Å². The first kappa shape index (κ1) is 25.7. The number of benzene rings is 2. The number of aryl methyl sites for hydroxylation is 1. The van der Waals surface area contributed by atoms with Crippen LogP contribution in [0.15, 0.2) is 58.6 Å². The molecule has 11 heteroatoms. The lowest BCUT2D eigenvalue weighted by atomic mass is 10.2. The van der Waals surface area contributed by atoms with Crippen molar-refractivity contribution in [1.29, 1.82) is 0 Å². The highest BCUT2D eigenvalue weighted by atomic mass is 32.2. The lowest BCUT2D eigenvalue weighted by Crippen LogP contribution is -2.41. The summed E-state index contributed by atoms with van der Waals surface area (Å²) in [7, 11) is -3.81. The molecule has 0 fully saturated rings. The summed E-state index contributed by atoms with van der Waals surface area (Å²) in [5.74, 6) is 1.51. The van der Waals surface area contributed by atoms with E-state index >= 15 is 0 Å². The van der Waals surface area contributed by atoms with E-state index in [9.17, 15) is 13.2 Å². The fraction of sp³-hybridized carbons (Fsp3) is 0.348. The molecule has 1 aromatic heterocycles. The predicted octanol–water partition coefficient (Wildman–Crippen LogP) is 3.10. The van der Waals surface area contributed by atoms with E-state index in [1.165, 1.54) is 17.8 Å². The van der Waals surface area contributed by atoms with Gasteiger partial charge < -0.3 is 10.1 Å². The van der Waals surface area contributed by atoms with Crippen molar-refractivity contribution < 1.29 is 17.9 Å². The predicted molar refractivity (Wildman–Crippen MR) is 132 cm³/mol. The van der Waals surface area contributed by atoms with E-state index in [1.54, 1.807) is 26.0 Å². The molecule has 0 unspecified atom stereocenters. The molecule has 1 heterocycles. The van der Waals surface area contributed by atoms with E-state index in [-0.39, 0.29) is 23.9 Å². The molecule has 1 amide bonds. The van der Waals surface area contributed by atoms with Gasteiger partial charge in [-0.3, -0.25) is 9.89 Å². The van der Waals surface area contributed by atoms with E-state index in [0.29, 0.717) is 35.6 Å². The lowest BCUT2D eigenvalue weighted by molar-refractivity contribution is -0.121. The molecular formula is C23H29N5O4S2. The largest absolute Gasteiger partial charge is 0.494 e. The van der Waals surface area contributed by atoms with Crippen molar-refractivity contribution in [2.24, 2.45) is 0 Å². The highest BCUT2D eigenvalue weighted by Gasteiger charge is 2.25. The topological polar surface area (TPSA) is 117 Å². The molecule has 2 aromatic carbocycles. The number of nitrogens with one attached hydrogen (secondary N) is 2. The smallest absolute Gasteiger partial charge is 0.243 e. The van der Waals surface area contributed by atoms with Gasteiger partial charge in [0.05, 0.1) is 18.0 Å².